The standard InChI is InChI=1S/C12H26O2Si/c1-12(2,3)15(4,5)14-10-11-7-6-8-13-9-11/h11H,6-10H2,1-5H3/t11-/m1/s1. The van der Waals surface area contributed by atoms with Crippen molar-refractivity contribution in [2.75, 3.05) is 19.8 Å². The van der Waals surface area contributed by atoms with Crippen LogP contribution in [0.3, 0.4) is 0 Å². The third-order valence-corrected chi connectivity index (χ3v) is 8.24. The van der Waals surface area contributed by atoms with E-state index in [4.69, 9.17) is 9.16 Å². The summed E-state index contributed by atoms with van der Waals surface area (Å²) in [6, 6.07) is 0. The summed E-state index contributed by atoms with van der Waals surface area (Å²) in [6.45, 7) is 14.2. The van der Waals surface area contributed by atoms with Crippen LogP contribution in [-0.2, 0) is 9.16 Å². The highest BCUT2D eigenvalue weighted by Crippen LogP contribution is 2.37. The zero-order valence-electron chi connectivity index (χ0n) is 10.9. The molecule has 0 saturated carbocycles. The second-order valence-corrected chi connectivity index (χ2v) is 11.0. The van der Waals surface area contributed by atoms with E-state index in [1.807, 2.05) is 0 Å². The highest BCUT2D eigenvalue weighted by molar-refractivity contribution is 6.74. The molecule has 90 valence electrons. The summed E-state index contributed by atoms with van der Waals surface area (Å²) in [5.41, 5.74) is 0. The van der Waals surface area contributed by atoms with E-state index in [-0.39, 0.29) is 0 Å². The van der Waals surface area contributed by atoms with E-state index in [2.05, 4.69) is 33.9 Å². The molecule has 1 saturated heterocycles. The van der Waals surface area contributed by atoms with Gasteiger partial charge in [-0.25, -0.2) is 0 Å². The first kappa shape index (κ1) is 13.2. The molecule has 0 aromatic carbocycles. The van der Waals surface area contributed by atoms with Gasteiger partial charge in [-0.2, -0.15) is 0 Å². The summed E-state index contributed by atoms with van der Waals surface area (Å²) in [5.74, 6) is 0.632. The van der Waals surface area contributed by atoms with Crippen molar-refractivity contribution in [2.24, 2.45) is 5.92 Å². The van der Waals surface area contributed by atoms with Crippen molar-refractivity contribution in [3.05, 3.63) is 0 Å². The minimum atomic E-state index is -1.54. The fraction of sp³-hybridized carbons (Fsp3) is 1.00. The van der Waals surface area contributed by atoms with Gasteiger partial charge in [-0.15, -0.1) is 0 Å². The molecular formula is C12H26O2Si. The Bertz CT molecular complexity index is 190. The van der Waals surface area contributed by atoms with E-state index >= 15 is 0 Å². The second kappa shape index (κ2) is 4.98. The molecule has 0 aliphatic carbocycles. The Kier molecular flexibility index (Phi) is 4.38. The predicted octanol–water partition coefficient (Wildman–Crippen LogP) is 3.43. The third-order valence-electron chi connectivity index (χ3n) is 3.74. The van der Waals surface area contributed by atoms with Gasteiger partial charge in [0.1, 0.15) is 0 Å². The van der Waals surface area contributed by atoms with Crippen LogP contribution in [0.1, 0.15) is 33.6 Å². The lowest BCUT2D eigenvalue weighted by Gasteiger charge is -2.37. The Morgan fingerprint density at radius 2 is 2.00 bits per heavy atom. The van der Waals surface area contributed by atoms with Crippen molar-refractivity contribution < 1.29 is 9.16 Å². The fourth-order valence-electron chi connectivity index (χ4n) is 1.48. The Hall–Kier alpha value is 0.137. The Labute approximate surface area is 95.5 Å². The molecule has 0 spiro atoms. The normalized spacial score (nSPS) is 24.2. The lowest BCUT2D eigenvalue weighted by molar-refractivity contribution is 0.0327. The molecule has 0 unspecified atom stereocenters. The largest absolute Gasteiger partial charge is 0.416 e. The smallest absolute Gasteiger partial charge is 0.191 e. The van der Waals surface area contributed by atoms with Crippen molar-refractivity contribution in [2.45, 2.75) is 51.7 Å². The van der Waals surface area contributed by atoms with Crippen LogP contribution < -0.4 is 0 Å². The van der Waals surface area contributed by atoms with Gasteiger partial charge < -0.3 is 9.16 Å². The van der Waals surface area contributed by atoms with Crippen molar-refractivity contribution in [3.63, 3.8) is 0 Å². The van der Waals surface area contributed by atoms with Crippen LogP contribution in [0.15, 0.2) is 0 Å². The van der Waals surface area contributed by atoms with Gasteiger partial charge >= 0.3 is 0 Å². The van der Waals surface area contributed by atoms with Crippen LogP contribution in [0, 0.1) is 5.92 Å². The maximum atomic E-state index is 6.19. The van der Waals surface area contributed by atoms with E-state index < -0.39 is 8.32 Å². The van der Waals surface area contributed by atoms with Crippen molar-refractivity contribution in [1.82, 2.24) is 0 Å². The molecule has 3 heteroatoms. The first-order chi connectivity index (χ1) is 6.83. The van der Waals surface area contributed by atoms with Crippen molar-refractivity contribution >= 4 is 8.32 Å². The molecule has 1 aliphatic rings. The lowest BCUT2D eigenvalue weighted by Crippen LogP contribution is -2.42. The van der Waals surface area contributed by atoms with Gasteiger partial charge in [-0.1, -0.05) is 20.8 Å². The third kappa shape index (κ3) is 3.89. The highest BCUT2D eigenvalue weighted by Gasteiger charge is 2.37. The van der Waals surface area contributed by atoms with Gasteiger partial charge in [0.15, 0.2) is 8.32 Å². The first-order valence-corrected chi connectivity index (χ1v) is 8.95. The molecule has 1 aliphatic heterocycles. The average Bonchev–Trinajstić information content (AvgIpc) is 2.15. The summed E-state index contributed by atoms with van der Waals surface area (Å²) in [7, 11) is -1.54. The van der Waals surface area contributed by atoms with Gasteiger partial charge in [0.25, 0.3) is 0 Å². The highest BCUT2D eigenvalue weighted by atomic mass is 28.4. The molecule has 1 rings (SSSR count). The minimum Gasteiger partial charge on any atom is -0.416 e. The monoisotopic (exact) mass is 230 g/mol. The SMILES string of the molecule is CC(C)(C)[Si](C)(C)OC[C@@H]1CCCOC1. The molecule has 1 atom stereocenters. The van der Waals surface area contributed by atoms with Gasteiger partial charge in [-0.3, -0.25) is 0 Å². The molecule has 15 heavy (non-hydrogen) atoms. The topological polar surface area (TPSA) is 18.5 Å². The summed E-state index contributed by atoms with van der Waals surface area (Å²) in [6.07, 6.45) is 2.47. The Morgan fingerprint density at radius 1 is 1.33 bits per heavy atom. The minimum absolute atomic E-state index is 0.322. The molecule has 1 fully saturated rings. The van der Waals surface area contributed by atoms with Gasteiger partial charge in [0.05, 0.1) is 6.61 Å². The summed E-state index contributed by atoms with van der Waals surface area (Å²) < 4.78 is 11.7. The molecule has 0 aromatic rings. The maximum absolute atomic E-state index is 6.19. The fourth-order valence-corrected chi connectivity index (χ4v) is 2.57. The zero-order chi connectivity index (χ0) is 11.5. The number of rotatable bonds is 3. The average molecular weight is 230 g/mol. The molecule has 0 bridgehead atoms. The van der Waals surface area contributed by atoms with Gasteiger partial charge in [0, 0.05) is 19.1 Å². The predicted molar refractivity (Wildman–Crippen MR) is 66.7 cm³/mol. The molecule has 0 radical (unpaired) electrons. The van der Waals surface area contributed by atoms with E-state index in [0.29, 0.717) is 11.0 Å². The van der Waals surface area contributed by atoms with Gasteiger partial charge in [0.2, 0.25) is 0 Å². The number of hydrogen-bond acceptors (Lipinski definition) is 2. The van der Waals surface area contributed by atoms with Crippen molar-refractivity contribution in [1.29, 1.82) is 0 Å². The summed E-state index contributed by atoms with van der Waals surface area (Å²) in [5, 5.41) is 0.322. The van der Waals surface area contributed by atoms with Gasteiger partial charge in [-0.05, 0) is 31.0 Å². The summed E-state index contributed by atoms with van der Waals surface area (Å²) >= 11 is 0. The zero-order valence-corrected chi connectivity index (χ0v) is 11.9. The maximum Gasteiger partial charge on any atom is 0.191 e. The summed E-state index contributed by atoms with van der Waals surface area (Å²) in [4.78, 5) is 0. The number of ether oxygens (including phenoxy) is 1. The van der Waals surface area contributed by atoms with Crippen LogP contribution >= 0.6 is 0 Å². The molecule has 2 nitrogen and oxygen atoms in total. The van der Waals surface area contributed by atoms with E-state index in [1.54, 1.807) is 0 Å². The Morgan fingerprint density at radius 3 is 2.47 bits per heavy atom. The van der Waals surface area contributed by atoms with E-state index in [1.165, 1.54) is 12.8 Å². The molecule has 0 aromatic heterocycles. The van der Waals surface area contributed by atoms with Crippen LogP contribution in [-0.4, -0.2) is 28.1 Å². The molecule has 0 N–H and O–H groups in total. The molecule has 1 heterocycles. The van der Waals surface area contributed by atoms with Crippen LogP contribution in [0.4, 0.5) is 0 Å². The molecular weight excluding hydrogens is 204 g/mol. The van der Waals surface area contributed by atoms with Crippen molar-refractivity contribution in [3.8, 4) is 0 Å². The Balaban J connectivity index is 2.35. The van der Waals surface area contributed by atoms with E-state index in [9.17, 15) is 0 Å². The van der Waals surface area contributed by atoms with Crippen LogP contribution in [0.5, 0.6) is 0 Å². The van der Waals surface area contributed by atoms with E-state index in [0.717, 1.165) is 19.8 Å². The second-order valence-electron chi connectivity index (χ2n) is 6.15. The quantitative estimate of drug-likeness (QED) is 0.692. The molecule has 0 amide bonds. The lowest BCUT2D eigenvalue weighted by atomic mass is 10.0. The first-order valence-electron chi connectivity index (χ1n) is 6.04. The number of hydrogen-bond donors (Lipinski definition) is 0. The van der Waals surface area contributed by atoms with Crippen LogP contribution in [0.2, 0.25) is 18.1 Å². The van der Waals surface area contributed by atoms with Crippen LogP contribution in [0.25, 0.3) is 0 Å².